The van der Waals surface area contributed by atoms with E-state index in [9.17, 15) is 4.79 Å². The Bertz CT molecular complexity index is 430. The summed E-state index contributed by atoms with van der Waals surface area (Å²) in [5.74, 6) is 0.443. The molecule has 0 radical (unpaired) electrons. The molecule has 1 aromatic heterocycles. The van der Waals surface area contributed by atoms with Gasteiger partial charge >= 0.3 is 0 Å². The number of hydrogen-bond donors (Lipinski definition) is 2. The summed E-state index contributed by atoms with van der Waals surface area (Å²) in [6.45, 7) is 3.92. The average molecular weight is 314 g/mol. The van der Waals surface area contributed by atoms with Crippen molar-refractivity contribution in [2.75, 3.05) is 11.1 Å². The summed E-state index contributed by atoms with van der Waals surface area (Å²) in [6.07, 6.45) is 6.39. The average Bonchev–Trinajstić information content (AvgIpc) is 2.84. The molecule has 0 aliphatic heterocycles. The molecular weight excluding hydrogens is 292 g/mol. The first-order valence-electron chi connectivity index (χ1n) is 7.15. The van der Waals surface area contributed by atoms with E-state index >= 15 is 0 Å². The minimum Gasteiger partial charge on any atom is -0.357 e. The molecule has 1 aromatic rings. The molecule has 0 saturated heterocycles. The first-order valence-corrected chi connectivity index (χ1v) is 8.96. The summed E-state index contributed by atoms with van der Waals surface area (Å²) < 4.78 is 0.849. The topological polar surface area (TPSA) is 66.9 Å². The molecule has 20 heavy (non-hydrogen) atoms. The van der Waals surface area contributed by atoms with Gasteiger partial charge in [-0.3, -0.25) is 4.79 Å². The number of nitrogens with zero attached hydrogens (tertiary/aromatic N) is 2. The summed E-state index contributed by atoms with van der Waals surface area (Å²) in [7, 11) is 0. The predicted octanol–water partition coefficient (Wildman–Crippen LogP) is 2.90. The third kappa shape index (κ3) is 5.28. The van der Waals surface area contributed by atoms with Gasteiger partial charge in [0, 0.05) is 12.1 Å². The molecule has 1 aliphatic rings. The van der Waals surface area contributed by atoms with Gasteiger partial charge in [0.05, 0.1) is 5.75 Å². The van der Waals surface area contributed by atoms with Crippen LogP contribution >= 0.6 is 23.1 Å². The van der Waals surface area contributed by atoms with E-state index < -0.39 is 0 Å². The van der Waals surface area contributed by atoms with Crippen molar-refractivity contribution < 1.29 is 4.79 Å². The van der Waals surface area contributed by atoms with Crippen LogP contribution in [0.1, 0.15) is 46.0 Å². The molecule has 112 valence electrons. The van der Waals surface area contributed by atoms with Gasteiger partial charge < -0.3 is 10.6 Å². The number of hydrogen-bond acceptors (Lipinski definition) is 6. The van der Waals surface area contributed by atoms with Crippen molar-refractivity contribution in [2.24, 2.45) is 0 Å². The predicted molar refractivity (Wildman–Crippen MR) is 84.4 cm³/mol. The Labute approximate surface area is 128 Å². The second-order valence-corrected chi connectivity index (χ2v) is 7.56. The maximum Gasteiger partial charge on any atom is 0.230 e. The van der Waals surface area contributed by atoms with Gasteiger partial charge in [0.2, 0.25) is 11.0 Å². The highest BCUT2D eigenvalue weighted by molar-refractivity contribution is 8.01. The Hall–Kier alpha value is -0.820. The lowest BCUT2D eigenvalue weighted by molar-refractivity contribution is -0.119. The molecule has 1 heterocycles. The normalized spacial score (nSPS) is 16.4. The van der Waals surface area contributed by atoms with Crippen LogP contribution in [0.15, 0.2) is 4.34 Å². The van der Waals surface area contributed by atoms with E-state index in [0.29, 0.717) is 11.8 Å². The van der Waals surface area contributed by atoms with Crippen LogP contribution in [-0.2, 0) is 4.79 Å². The third-order valence-electron chi connectivity index (χ3n) is 3.12. The van der Waals surface area contributed by atoms with Crippen molar-refractivity contribution in [1.29, 1.82) is 0 Å². The van der Waals surface area contributed by atoms with Crippen LogP contribution in [0.4, 0.5) is 5.13 Å². The van der Waals surface area contributed by atoms with Crippen LogP contribution in [0.5, 0.6) is 0 Å². The van der Waals surface area contributed by atoms with E-state index in [-0.39, 0.29) is 11.9 Å². The lowest BCUT2D eigenvalue weighted by Gasteiger charge is -2.21. The highest BCUT2D eigenvalue weighted by atomic mass is 32.2. The van der Waals surface area contributed by atoms with Crippen LogP contribution < -0.4 is 10.6 Å². The van der Waals surface area contributed by atoms with Gasteiger partial charge in [-0.05, 0) is 26.7 Å². The molecule has 0 atom stereocenters. The van der Waals surface area contributed by atoms with Gasteiger partial charge in [0.25, 0.3) is 0 Å². The van der Waals surface area contributed by atoms with Crippen molar-refractivity contribution in [2.45, 2.75) is 62.4 Å². The minimum atomic E-state index is 0.0435. The van der Waals surface area contributed by atoms with E-state index in [1.54, 1.807) is 0 Å². The molecular formula is C13H22N4OS2. The molecule has 0 aromatic carbocycles. The second kappa shape index (κ2) is 7.83. The Balaban J connectivity index is 1.75. The summed E-state index contributed by atoms with van der Waals surface area (Å²) in [5.41, 5.74) is 0. The van der Waals surface area contributed by atoms with Gasteiger partial charge in [-0.1, -0.05) is 42.4 Å². The van der Waals surface area contributed by atoms with Gasteiger partial charge in [0.15, 0.2) is 4.34 Å². The standard InChI is InChI=1S/C13H22N4OS2/c1-9(2)14-11(18)8-19-13-17-16-12(20-13)15-10-6-4-3-5-7-10/h9-10H,3-8H2,1-2H3,(H,14,18)(H,15,16). The maximum absolute atomic E-state index is 11.6. The maximum atomic E-state index is 11.6. The molecule has 5 nitrogen and oxygen atoms in total. The minimum absolute atomic E-state index is 0.0435. The molecule has 2 rings (SSSR count). The van der Waals surface area contributed by atoms with E-state index in [0.717, 1.165) is 9.47 Å². The molecule has 0 bridgehead atoms. The zero-order chi connectivity index (χ0) is 14.4. The first-order chi connectivity index (χ1) is 9.63. The van der Waals surface area contributed by atoms with Gasteiger partial charge in [0.1, 0.15) is 0 Å². The molecule has 1 saturated carbocycles. The van der Waals surface area contributed by atoms with Crippen molar-refractivity contribution in [1.82, 2.24) is 15.5 Å². The van der Waals surface area contributed by atoms with Crippen LogP contribution in [0.2, 0.25) is 0 Å². The fraction of sp³-hybridized carbons (Fsp3) is 0.769. The Morgan fingerprint density at radius 2 is 2.10 bits per heavy atom. The van der Waals surface area contributed by atoms with Crippen molar-refractivity contribution in [3.63, 3.8) is 0 Å². The SMILES string of the molecule is CC(C)NC(=O)CSc1nnc(NC2CCCCC2)s1. The molecule has 0 unspecified atom stereocenters. The molecule has 1 amide bonds. The van der Waals surface area contributed by atoms with E-state index in [1.165, 1.54) is 55.2 Å². The summed E-state index contributed by atoms with van der Waals surface area (Å²) in [6, 6.07) is 0.722. The number of carbonyl (C=O) groups is 1. The summed E-state index contributed by atoms with van der Waals surface area (Å²) in [5, 5.41) is 15.5. The Morgan fingerprint density at radius 3 is 2.80 bits per heavy atom. The van der Waals surface area contributed by atoms with E-state index in [2.05, 4.69) is 20.8 Å². The smallest absolute Gasteiger partial charge is 0.230 e. The molecule has 7 heteroatoms. The number of anilines is 1. The number of rotatable bonds is 6. The monoisotopic (exact) mass is 314 g/mol. The van der Waals surface area contributed by atoms with Gasteiger partial charge in [-0.2, -0.15) is 0 Å². The van der Waals surface area contributed by atoms with Crippen LogP contribution in [0, 0.1) is 0 Å². The zero-order valence-corrected chi connectivity index (χ0v) is 13.6. The highest BCUT2D eigenvalue weighted by Gasteiger charge is 2.15. The summed E-state index contributed by atoms with van der Waals surface area (Å²) in [4.78, 5) is 11.6. The zero-order valence-electron chi connectivity index (χ0n) is 12.0. The quantitative estimate of drug-likeness (QED) is 0.790. The molecule has 0 spiro atoms. The lowest BCUT2D eigenvalue weighted by Crippen LogP contribution is -2.31. The van der Waals surface area contributed by atoms with Crippen molar-refractivity contribution in [3.8, 4) is 0 Å². The summed E-state index contributed by atoms with van der Waals surface area (Å²) >= 11 is 2.98. The fourth-order valence-electron chi connectivity index (χ4n) is 2.24. The Kier molecular flexibility index (Phi) is 6.09. The first kappa shape index (κ1) is 15.6. The second-order valence-electron chi connectivity index (χ2n) is 5.36. The van der Waals surface area contributed by atoms with E-state index in [1.807, 2.05) is 13.8 Å². The number of thioether (sulfide) groups is 1. The molecule has 1 fully saturated rings. The lowest BCUT2D eigenvalue weighted by atomic mass is 9.96. The van der Waals surface area contributed by atoms with Crippen molar-refractivity contribution >= 4 is 34.1 Å². The van der Waals surface area contributed by atoms with Gasteiger partial charge in [-0.25, -0.2) is 0 Å². The number of aromatic nitrogens is 2. The van der Waals surface area contributed by atoms with Crippen LogP contribution in [0.3, 0.4) is 0 Å². The van der Waals surface area contributed by atoms with Gasteiger partial charge in [-0.15, -0.1) is 10.2 Å². The highest BCUT2D eigenvalue weighted by Crippen LogP contribution is 2.28. The molecule has 2 N–H and O–H groups in total. The van der Waals surface area contributed by atoms with E-state index in [4.69, 9.17) is 0 Å². The number of carbonyl (C=O) groups excluding carboxylic acids is 1. The largest absolute Gasteiger partial charge is 0.357 e. The van der Waals surface area contributed by atoms with Crippen LogP contribution in [0.25, 0.3) is 0 Å². The third-order valence-corrected chi connectivity index (χ3v) is 5.10. The number of amides is 1. The van der Waals surface area contributed by atoms with Crippen molar-refractivity contribution in [3.05, 3.63) is 0 Å². The van der Waals surface area contributed by atoms with Crippen LogP contribution in [-0.4, -0.2) is 33.9 Å². The number of nitrogens with one attached hydrogen (secondary N) is 2. The Morgan fingerprint density at radius 1 is 1.35 bits per heavy atom. The molecule has 1 aliphatic carbocycles. The fourth-order valence-corrected chi connectivity index (χ4v) is 3.88.